The monoisotopic (exact) mass is 545 g/mol. The van der Waals surface area contributed by atoms with E-state index in [-0.39, 0.29) is 5.78 Å². The molecule has 170 valence electrons. The van der Waals surface area contributed by atoms with E-state index in [1.165, 1.54) is 24.0 Å². The molecule has 4 aliphatic rings. The van der Waals surface area contributed by atoms with Gasteiger partial charge >= 0.3 is 200 Å². The Labute approximate surface area is 199 Å². The van der Waals surface area contributed by atoms with Crippen molar-refractivity contribution in [1.29, 1.82) is 0 Å². The van der Waals surface area contributed by atoms with Crippen LogP contribution in [-0.4, -0.2) is 37.2 Å². The Hall–Kier alpha value is -1.62. The fourth-order valence-corrected chi connectivity index (χ4v) is 12.2. The molecule has 5 heteroatoms. The maximum absolute atomic E-state index is 12.2. The molecule has 32 heavy (non-hydrogen) atoms. The van der Waals surface area contributed by atoms with Crippen LogP contribution < -0.4 is 4.90 Å². The molecule has 0 bridgehead atoms. The summed E-state index contributed by atoms with van der Waals surface area (Å²) >= 11 is -2.21. The summed E-state index contributed by atoms with van der Waals surface area (Å²) in [6.07, 6.45) is 12.7. The quantitative estimate of drug-likeness (QED) is 0.415. The molecule has 5 rings (SSSR count). The van der Waals surface area contributed by atoms with Crippen LogP contribution in [0.15, 0.2) is 45.1 Å². The van der Waals surface area contributed by atoms with E-state index >= 15 is 0 Å². The molecule has 0 amide bonds. The number of anilines is 1. The fraction of sp³-hybridized carbons (Fsp3) is 0.519. The Morgan fingerprint density at radius 2 is 1.94 bits per heavy atom. The summed E-state index contributed by atoms with van der Waals surface area (Å²) in [5, 5.41) is 11.4. The van der Waals surface area contributed by atoms with E-state index < -0.39 is 31.3 Å². The number of ketones is 1. The molecule has 4 atom stereocenters. The van der Waals surface area contributed by atoms with E-state index in [2.05, 4.69) is 56.1 Å². The Morgan fingerprint density at radius 1 is 1.19 bits per heavy atom. The molecule has 0 radical (unpaired) electrons. The number of aliphatic hydroxyl groups is 1. The summed E-state index contributed by atoms with van der Waals surface area (Å²) in [5.41, 5.74) is 2.24. The van der Waals surface area contributed by atoms with E-state index in [1.807, 2.05) is 6.08 Å². The molecule has 0 aromatic heterocycles. The van der Waals surface area contributed by atoms with Gasteiger partial charge in [0.25, 0.3) is 0 Å². The summed E-state index contributed by atoms with van der Waals surface area (Å²) < 4.78 is 9.65. The van der Waals surface area contributed by atoms with Crippen LogP contribution in [0.5, 0.6) is 0 Å². The van der Waals surface area contributed by atoms with Crippen LogP contribution in [0, 0.1) is 33.2 Å². The predicted octanol–water partition coefficient (Wildman–Crippen LogP) is 5.11. The summed E-state index contributed by atoms with van der Waals surface area (Å²) in [5.74, 6) is 3.70. The molecule has 1 aliphatic heterocycles. The Kier molecular flexibility index (Phi) is 5.55. The van der Waals surface area contributed by atoms with Gasteiger partial charge in [-0.25, -0.2) is 0 Å². The number of allylic oxidation sites excluding steroid dienone is 4. The molecule has 2 fully saturated rings. The van der Waals surface area contributed by atoms with Crippen LogP contribution in [0.3, 0.4) is 0 Å². The fourth-order valence-electron chi connectivity index (χ4n) is 6.17. The van der Waals surface area contributed by atoms with Crippen LogP contribution in [0.1, 0.15) is 45.4 Å². The van der Waals surface area contributed by atoms with Gasteiger partial charge in [0.2, 0.25) is 0 Å². The van der Waals surface area contributed by atoms with Crippen molar-refractivity contribution >= 4 is 31.7 Å². The first-order chi connectivity index (χ1) is 15.3. The first-order valence-electron chi connectivity index (χ1n) is 11.5. The molecular weight excluding hydrogens is 513 g/mol. The number of hydrogen-bond acceptors (Lipinski definition) is 4. The number of nitrogens with zero attached hydrogens (tertiary/aromatic N) is 1. The van der Waals surface area contributed by atoms with Crippen molar-refractivity contribution in [3.8, 4) is 12.3 Å². The van der Waals surface area contributed by atoms with E-state index in [4.69, 9.17) is 9.49 Å². The van der Waals surface area contributed by atoms with Gasteiger partial charge in [-0.05, 0) is 0 Å². The molecular formula is C27H32INO3. The van der Waals surface area contributed by atoms with Crippen molar-refractivity contribution in [2.45, 2.75) is 51.0 Å². The minimum atomic E-state index is -2.21. The van der Waals surface area contributed by atoms with Crippen molar-refractivity contribution < 1.29 is 13.0 Å². The second kappa shape index (κ2) is 8.00. The van der Waals surface area contributed by atoms with Crippen molar-refractivity contribution in [3.63, 3.8) is 0 Å². The van der Waals surface area contributed by atoms with E-state index in [9.17, 15) is 9.90 Å². The van der Waals surface area contributed by atoms with Crippen molar-refractivity contribution in [2.75, 3.05) is 25.6 Å². The second-order valence-electron chi connectivity index (χ2n) is 10.0. The van der Waals surface area contributed by atoms with Crippen LogP contribution in [-0.2, 0) is 7.86 Å². The van der Waals surface area contributed by atoms with Gasteiger partial charge in [0.05, 0.1) is 0 Å². The molecule has 1 aromatic rings. The van der Waals surface area contributed by atoms with Crippen LogP contribution in [0.25, 0.3) is 0 Å². The summed E-state index contributed by atoms with van der Waals surface area (Å²) in [7, 11) is 4.10. The molecule has 1 heterocycles. The number of carbonyl (C=O) groups is 1. The van der Waals surface area contributed by atoms with E-state index in [1.54, 1.807) is 0 Å². The molecule has 0 spiro atoms. The third kappa shape index (κ3) is 3.29. The molecule has 1 saturated carbocycles. The van der Waals surface area contributed by atoms with Crippen molar-refractivity contribution in [3.05, 3.63) is 48.6 Å². The van der Waals surface area contributed by atoms with Gasteiger partial charge in [0.15, 0.2) is 0 Å². The van der Waals surface area contributed by atoms with E-state index in [0.717, 1.165) is 25.7 Å². The predicted molar refractivity (Wildman–Crippen MR) is 136 cm³/mol. The first kappa shape index (κ1) is 22.2. The number of fused-ring (bicyclic) bond motifs is 4. The topological polar surface area (TPSA) is 49.8 Å². The standard InChI is InChI=1S/C27H32INO3/c1-5-27(31)15-14-24-23-12-6-18-16-21(30)11-13-22(18)25(23)28(32-17-26(24,27)2)19-7-9-20(10-8-19)29(3)4/h1,7-10,16,23-24,31H,6,11-15,17H2,2-4H3/t23?,24?,26-,27-/m0/s1. The van der Waals surface area contributed by atoms with Gasteiger partial charge in [0, 0.05) is 0 Å². The van der Waals surface area contributed by atoms with E-state index in [0.29, 0.717) is 31.3 Å². The Bertz CT molecular complexity index is 1050. The van der Waals surface area contributed by atoms with Gasteiger partial charge in [-0.15, -0.1) is 0 Å². The normalized spacial score (nSPS) is 35.3. The van der Waals surface area contributed by atoms with Gasteiger partial charge in [-0.1, -0.05) is 0 Å². The summed E-state index contributed by atoms with van der Waals surface area (Å²) in [6, 6.07) is 8.80. The Balaban J connectivity index is 1.66. The van der Waals surface area contributed by atoms with Gasteiger partial charge in [-0.3, -0.25) is 0 Å². The average Bonchev–Trinajstić information content (AvgIpc) is 2.96. The van der Waals surface area contributed by atoms with Crippen LogP contribution >= 0.6 is 20.2 Å². The van der Waals surface area contributed by atoms with Crippen LogP contribution in [0.4, 0.5) is 5.69 Å². The summed E-state index contributed by atoms with van der Waals surface area (Å²) in [4.78, 5) is 14.3. The molecule has 4 nitrogen and oxygen atoms in total. The number of rotatable bonds is 2. The Morgan fingerprint density at radius 3 is 2.62 bits per heavy atom. The van der Waals surface area contributed by atoms with Gasteiger partial charge < -0.3 is 0 Å². The first-order valence-corrected chi connectivity index (χ1v) is 14.6. The van der Waals surface area contributed by atoms with Crippen LogP contribution in [0.2, 0.25) is 0 Å². The zero-order valence-corrected chi connectivity index (χ0v) is 21.3. The number of halogens is 1. The minimum absolute atomic E-state index is 0.250. The third-order valence-electron chi connectivity index (χ3n) is 8.18. The number of carbonyl (C=O) groups excluding carboxylic acids is 1. The van der Waals surface area contributed by atoms with Crippen molar-refractivity contribution in [2.24, 2.45) is 17.3 Å². The summed E-state index contributed by atoms with van der Waals surface area (Å²) in [6.45, 7) is 2.65. The zero-order valence-electron chi connectivity index (χ0n) is 19.2. The molecule has 3 aliphatic carbocycles. The number of benzene rings is 1. The average molecular weight is 545 g/mol. The third-order valence-corrected chi connectivity index (χ3v) is 13.5. The second-order valence-corrected chi connectivity index (χ2v) is 14.5. The van der Waals surface area contributed by atoms with Crippen molar-refractivity contribution in [1.82, 2.24) is 0 Å². The number of terminal acetylenes is 1. The maximum atomic E-state index is 12.2. The van der Waals surface area contributed by atoms with Gasteiger partial charge in [-0.2, -0.15) is 0 Å². The SMILES string of the molecule is C#C[C@]1(O)CCC2C3CCC4=CC(=O)CCC4=C3I(c3ccc(N(C)C)cc3)OC[C@@]21C. The molecule has 1 N–H and O–H groups in total. The number of hydrogen-bond donors (Lipinski definition) is 1. The zero-order chi connectivity index (χ0) is 22.7. The molecule has 1 saturated heterocycles. The molecule has 2 unspecified atom stereocenters. The molecule has 1 aromatic carbocycles. The van der Waals surface area contributed by atoms with Gasteiger partial charge in [0.1, 0.15) is 0 Å².